The zero-order chi connectivity index (χ0) is 14.8. The van der Waals surface area contributed by atoms with Gasteiger partial charge >= 0.3 is 5.97 Å². The van der Waals surface area contributed by atoms with Crippen LogP contribution in [0.5, 0.6) is 0 Å². The third-order valence-electron chi connectivity index (χ3n) is 2.48. The van der Waals surface area contributed by atoms with Gasteiger partial charge in [0.15, 0.2) is 6.04 Å². The van der Waals surface area contributed by atoms with Gasteiger partial charge in [0.25, 0.3) is 5.91 Å². The molecule has 1 rings (SSSR count). The number of esters is 1. The highest BCUT2D eigenvalue weighted by Gasteiger charge is 2.24. The van der Waals surface area contributed by atoms with Crippen LogP contribution in [0.4, 0.5) is 0 Å². The van der Waals surface area contributed by atoms with E-state index in [1.165, 1.54) is 7.11 Å². The van der Waals surface area contributed by atoms with Gasteiger partial charge in [-0.05, 0) is 10.8 Å². The molecule has 8 nitrogen and oxygen atoms in total. The second-order valence-corrected chi connectivity index (χ2v) is 3.85. The number of nitrogens with one attached hydrogen (secondary N) is 2. The maximum absolute atomic E-state index is 11.9. The van der Waals surface area contributed by atoms with E-state index in [4.69, 9.17) is 5.53 Å². The Morgan fingerprint density at radius 2 is 2.10 bits per heavy atom. The highest BCUT2D eigenvalue weighted by Crippen LogP contribution is 2.00. The van der Waals surface area contributed by atoms with Crippen molar-refractivity contribution >= 4 is 11.9 Å². The summed E-state index contributed by atoms with van der Waals surface area (Å²) in [6.07, 6.45) is -0.226. The number of amides is 1. The average Bonchev–Trinajstić information content (AvgIpc) is 2.49. The molecule has 0 saturated heterocycles. The normalized spacial score (nSPS) is 10.8. The van der Waals surface area contributed by atoms with E-state index in [9.17, 15) is 9.59 Å². The zero-order valence-electron chi connectivity index (χ0n) is 10.9. The molecule has 0 bridgehead atoms. The van der Waals surface area contributed by atoms with Crippen molar-refractivity contribution in [2.24, 2.45) is 5.22 Å². The molecule has 106 valence electrons. The van der Waals surface area contributed by atoms with Crippen molar-refractivity contribution in [2.75, 3.05) is 7.11 Å². The number of azide groups is 1. The summed E-state index contributed by atoms with van der Waals surface area (Å²) in [6.45, 7) is 0.315. The van der Waals surface area contributed by atoms with E-state index in [-0.39, 0.29) is 6.42 Å². The van der Waals surface area contributed by atoms with Gasteiger partial charge in [-0.2, -0.15) is 4.91 Å². The number of methoxy groups -OCH3 is 1. The fourth-order valence-corrected chi connectivity index (χ4v) is 1.45. The summed E-state index contributed by atoms with van der Waals surface area (Å²) < 4.78 is 4.48. The summed E-state index contributed by atoms with van der Waals surface area (Å²) in [5.74, 6) is -1.03. The van der Waals surface area contributed by atoms with Gasteiger partial charge < -0.3 is 10.1 Å². The fraction of sp³-hybridized carbons (Fsp3) is 0.333. The molecule has 0 aromatic heterocycles. The summed E-state index contributed by atoms with van der Waals surface area (Å²) in [6, 6.07) is 8.32. The van der Waals surface area contributed by atoms with Crippen molar-refractivity contribution in [2.45, 2.75) is 19.0 Å². The first kappa shape index (κ1) is 15.3. The maximum Gasteiger partial charge on any atom is 0.310 e. The Morgan fingerprint density at radius 1 is 1.40 bits per heavy atom. The predicted molar refractivity (Wildman–Crippen MR) is 71.0 cm³/mol. The van der Waals surface area contributed by atoms with Crippen LogP contribution < -0.4 is 10.7 Å². The highest BCUT2D eigenvalue weighted by atomic mass is 16.5. The standard InChI is InChI=1S/C12H15N5O3/c1-20-11(18)7-10(15-17-16-13)12(19)14-8-9-5-3-2-4-6-9/h2-6,10,15H,7-8H2,1H3,(H,14,19)/t10-/m0/s1. The molecule has 0 heterocycles. The summed E-state index contributed by atoms with van der Waals surface area (Å²) in [5.41, 5.74) is 11.4. The molecule has 1 atom stereocenters. The quantitative estimate of drug-likeness (QED) is 0.255. The topological polar surface area (TPSA) is 116 Å². The van der Waals surface area contributed by atoms with Crippen LogP contribution in [-0.2, 0) is 20.9 Å². The Bertz CT molecular complexity index is 499. The summed E-state index contributed by atoms with van der Waals surface area (Å²) >= 11 is 0. The zero-order valence-corrected chi connectivity index (χ0v) is 10.9. The first-order valence-corrected chi connectivity index (χ1v) is 5.85. The molecule has 0 radical (unpaired) electrons. The fourth-order valence-electron chi connectivity index (χ4n) is 1.45. The Morgan fingerprint density at radius 3 is 2.70 bits per heavy atom. The van der Waals surface area contributed by atoms with E-state index in [1.54, 1.807) is 0 Å². The van der Waals surface area contributed by atoms with Crippen LogP contribution in [0.1, 0.15) is 12.0 Å². The van der Waals surface area contributed by atoms with Crippen molar-refractivity contribution in [3.8, 4) is 0 Å². The number of carbonyl (C=O) groups is 2. The number of ether oxygens (including phenoxy) is 1. The molecule has 0 spiro atoms. The molecular weight excluding hydrogens is 262 g/mol. The number of hydrogen-bond donors (Lipinski definition) is 2. The van der Waals surface area contributed by atoms with Crippen molar-refractivity contribution in [1.82, 2.24) is 10.7 Å². The van der Waals surface area contributed by atoms with E-state index in [1.807, 2.05) is 30.3 Å². The average molecular weight is 277 g/mol. The summed E-state index contributed by atoms with van der Waals surface area (Å²) in [4.78, 5) is 25.6. The van der Waals surface area contributed by atoms with Gasteiger partial charge in [0.2, 0.25) is 0 Å². The Balaban J connectivity index is 2.58. The van der Waals surface area contributed by atoms with Crippen molar-refractivity contribution in [3.63, 3.8) is 0 Å². The number of carbonyl (C=O) groups excluding carboxylic acids is 2. The van der Waals surface area contributed by atoms with Crippen LogP contribution in [0.15, 0.2) is 35.6 Å². The van der Waals surface area contributed by atoms with Gasteiger partial charge in [-0.3, -0.25) is 9.59 Å². The van der Waals surface area contributed by atoms with E-state index in [0.717, 1.165) is 5.56 Å². The minimum absolute atomic E-state index is 0.226. The molecule has 0 fully saturated rings. The van der Waals surface area contributed by atoms with E-state index in [0.29, 0.717) is 6.54 Å². The van der Waals surface area contributed by atoms with Gasteiger partial charge in [0.05, 0.1) is 13.5 Å². The van der Waals surface area contributed by atoms with Gasteiger partial charge in [-0.25, -0.2) is 5.43 Å². The third-order valence-corrected chi connectivity index (χ3v) is 2.48. The van der Waals surface area contributed by atoms with Crippen LogP contribution in [-0.4, -0.2) is 25.0 Å². The number of benzene rings is 1. The molecule has 0 unspecified atom stereocenters. The Labute approximate surface area is 115 Å². The molecule has 1 amide bonds. The number of rotatable bonds is 7. The second-order valence-electron chi connectivity index (χ2n) is 3.85. The van der Waals surface area contributed by atoms with Crippen LogP contribution in [0.2, 0.25) is 0 Å². The summed E-state index contributed by atoms with van der Waals surface area (Å²) in [5, 5.41) is 5.74. The number of nitrogens with zero attached hydrogens (tertiary/aromatic N) is 3. The smallest absolute Gasteiger partial charge is 0.310 e. The van der Waals surface area contributed by atoms with Crippen LogP contribution in [0.3, 0.4) is 0 Å². The van der Waals surface area contributed by atoms with E-state index < -0.39 is 17.9 Å². The van der Waals surface area contributed by atoms with Crippen molar-refractivity contribution < 1.29 is 14.3 Å². The Hall–Kier alpha value is -2.73. The first-order valence-electron chi connectivity index (χ1n) is 5.85. The van der Waals surface area contributed by atoms with E-state index >= 15 is 0 Å². The molecule has 0 saturated carbocycles. The molecular formula is C12H15N5O3. The summed E-state index contributed by atoms with van der Waals surface area (Å²) in [7, 11) is 1.22. The van der Waals surface area contributed by atoms with Crippen molar-refractivity contribution in [3.05, 3.63) is 46.3 Å². The van der Waals surface area contributed by atoms with Crippen molar-refractivity contribution in [1.29, 1.82) is 0 Å². The minimum atomic E-state index is -0.970. The minimum Gasteiger partial charge on any atom is -0.469 e. The third kappa shape index (κ3) is 5.28. The molecule has 8 heteroatoms. The molecule has 1 aromatic carbocycles. The number of hydrogen-bond acceptors (Lipinski definition) is 4. The lowest BCUT2D eigenvalue weighted by Gasteiger charge is -2.12. The monoisotopic (exact) mass is 277 g/mol. The van der Waals surface area contributed by atoms with Crippen LogP contribution >= 0.6 is 0 Å². The predicted octanol–water partition coefficient (Wildman–Crippen LogP) is 1.05. The SMILES string of the molecule is COC(=O)C[C@H](NN=[N+]=[N-])C(=O)NCc1ccccc1. The second kappa shape index (κ2) is 8.39. The van der Waals surface area contributed by atoms with Crippen LogP contribution in [0.25, 0.3) is 10.4 Å². The Kier molecular flexibility index (Phi) is 6.43. The lowest BCUT2D eigenvalue weighted by Crippen LogP contribution is -2.43. The lowest BCUT2D eigenvalue weighted by molar-refractivity contribution is -0.143. The molecule has 20 heavy (non-hydrogen) atoms. The molecule has 0 aliphatic heterocycles. The largest absolute Gasteiger partial charge is 0.469 e. The lowest BCUT2D eigenvalue weighted by atomic mass is 10.2. The van der Waals surface area contributed by atoms with Gasteiger partial charge in [0.1, 0.15) is 0 Å². The highest BCUT2D eigenvalue weighted by molar-refractivity contribution is 5.86. The molecule has 1 aromatic rings. The van der Waals surface area contributed by atoms with E-state index in [2.05, 4.69) is 25.6 Å². The molecule has 2 N–H and O–H groups in total. The van der Waals surface area contributed by atoms with Gasteiger partial charge in [0, 0.05) is 6.54 Å². The van der Waals surface area contributed by atoms with Crippen LogP contribution in [0, 0.1) is 0 Å². The molecule has 0 aliphatic rings. The van der Waals surface area contributed by atoms with Gasteiger partial charge in [-0.1, -0.05) is 30.3 Å². The maximum atomic E-state index is 11.9. The van der Waals surface area contributed by atoms with Gasteiger partial charge in [-0.15, -0.1) is 5.53 Å². The first-order chi connectivity index (χ1) is 9.67. The molecule has 0 aliphatic carbocycles.